The van der Waals surface area contributed by atoms with Gasteiger partial charge >= 0.3 is 18.0 Å². The van der Waals surface area contributed by atoms with Crippen molar-refractivity contribution in [1.82, 2.24) is 10.6 Å². The molecule has 0 atom stereocenters. The van der Waals surface area contributed by atoms with Gasteiger partial charge in [0.2, 0.25) is 0 Å². The molecule has 2 amide bonds. The van der Waals surface area contributed by atoms with Crippen molar-refractivity contribution in [2.24, 2.45) is 0 Å². The van der Waals surface area contributed by atoms with Crippen molar-refractivity contribution in [2.75, 3.05) is 26.4 Å². The minimum atomic E-state index is -0.715. The van der Waals surface area contributed by atoms with E-state index in [1.807, 2.05) is 0 Å². The summed E-state index contributed by atoms with van der Waals surface area (Å²) in [5.41, 5.74) is 0.325. The quantitative estimate of drug-likeness (QED) is 0.706. The van der Waals surface area contributed by atoms with E-state index in [4.69, 9.17) is 14.2 Å². The largest absolute Gasteiger partial charge is 0.482 e. The molecule has 0 aromatic heterocycles. The maximum Gasteiger partial charge on any atom is 0.344 e. The number of esters is 2. The van der Waals surface area contributed by atoms with Gasteiger partial charge in [0.05, 0.1) is 24.4 Å². The summed E-state index contributed by atoms with van der Waals surface area (Å²) in [7, 11) is 0. The number of halogens is 1. The smallest absolute Gasteiger partial charge is 0.344 e. The molecule has 0 radical (unpaired) electrons. The lowest BCUT2D eigenvalue weighted by atomic mass is 10.2. The van der Waals surface area contributed by atoms with Crippen LogP contribution in [0.5, 0.6) is 5.75 Å². The van der Waals surface area contributed by atoms with E-state index in [9.17, 15) is 18.8 Å². The van der Waals surface area contributed by atoms with E-state index >= 15 is 0 Å². The summed E-state index contributed by atoms with van der Waals surface area (Å²) in [6.07, 6.45) is 0. The van der Waals surface area contributed by atoms with Gasteiger partial charge in [-0.3, -0.25) is 0 Å². The van der Waals surface area contributed by atoms with Crippen molar-refractivity contribution < 1.29 is 33.0 Å². The first-order chi connectivity index (χ1) is 12.0. The SMILES string of the molecule is CCOC(=O)C1=C(COC(=O)COc2ccc(F)cc2)NC(=O)NC1. The second-order valence-electron chi connectivity index (χ2n) is 4.89. The molecule has 0 saturated carbocycles. The van der Waals surface area contributed by atoms with E-state index < -0.39 is 30.4 Å². The van der Waals surface area contributed by atoms with Crippen LogP contribution in [0.2, 0.25) is 0 Å². The van der Waals surface area contributed by atoms with E-state index in [0.29, 0.717) is 5.75 Å². The van der Waals surface area contributed by atoms with Crippen LogP contribution in [0, 0.1) is 5.82 Å². The summed E-state index contributed by atoms with van der Waals surface area (Å²) in [5, 5.41) is 4.85. The lowest BCUT2D eigenvalue weighted by Crippen LogP contribution is -2.45. The van der Waals surface area contributed by atoms with E-state index in [0.717, 1.165) is 0 Å². The second kappa shape index (κ2) is 8.67. The Balaban J connectivity index is 1.90. The summed E-state index contributed by atoms with van der Waals surface area (Å²) in [6, 6.07) is 4.62. The molecule has 0 unspecified atom stereocenters. The molecular formula is C16H17FN2O6. The minimum absolute atomic E-state index is 0.0242. The van der Waals surface area contributed by atoms with Gasteiger partial charge in [-0.25, -0.2) is 18.8 Å². The normalized spacial score (nSPS) is 13.6. The van der Waals surface area contributed by atoms with E-state index in [-0.39, 0.29) is 31.0 Å². The Morgan fingerprint density at radius 1 is 1.20 bits per heavy atom. The Morgan fingerprint density at radius 2 is 1.92 bits per heavy atom. The fourth-order valence-corrected chi connectivity index (χ4v) is 1.94. The monoisotopic (exact) mass is 352 g/mol. The van der Waals surface area contributed by atoms with Crippen molar-refractivity contribution >= 4 is 18.0 Å². The summed E-state index contributed by atoms with van der Waals surface area (Å²) in [6.45, 7) is 1.09. The molecule has 0 bridgehead atoms. The molecule has 0 saturated heterocycles. The number of ether oxygens (including phenoxy) is 3. The third kappa shape index (κ3) is 5.48. The van der Waals surface area contributed by atoms with Gasteiger partial charge in [0, 0.05) is 0 Å². The minimum Gasteiger partial charge on any atom is -0.482 e. The zero-order valence-corrected chi connectivity index (χ0v) is 13.5. The highest BCUT2D eigenvalue weighted by molar-refractivity contribution is 5.93. The van der Waals surface area contributed by atoms with Crippen LogP contribution in [0.15, 0.2) is 35.5 Å². The number of rotatable bonds is 7. The molecule has 9 heteroatoms. The Morgan fingerprint density at radius 3 is 2.60 bits per heavy atom. The number of nitrogens with one attached hydrogen (secondary N) is 2. The number of urea groups is 1. The van der Waals surface area contributed by atoms with E-state index in [1.54, 1.807) is 6.92 Å². The standard InChI is InChI=1S/C16H17FN2O6/c1-2-23-15(21)12-7-18-16(22)19-13(12)8-25-14(20)9-24-11-5-3-10(17)4-6-11/h3-6H,2,7-9H2,1H3,(H2,18,19,22). The lowest BCUT2D eigenvalue weighted by molar-refractivity contribution is -0.145. The first kappa shape index (κ1) is 18.2. The predicted octanol–water partition coefficient (Wildman–Crippen LogP) is 0.878. The molecule has 0 aliphatic carbocycles. The third-order valence-electron chi connectivity index (χ3n) is 3.12. The maximum absolute atomic E-state index is 12.8. The Bertz CT molecular complexity index is 686. The van der Waals surface area contributed by atoms with Crippen molar-refractivity contribution in [3.05, 3.63) is 41.4 Å². The highest BCUT2D eigenvalue weighted by Crippen LogP contribution is 2.12. The fourth-order valence-electron chi connectivity index (χ4n) is 1.94. The molecule has 1 aromatic rings. The van der Waals surface area contributed by atoms with Crippen molar-refractivity contribution in [2.45, 2.75) is 6.92 Å². The second-order valence-corrected chi connectivity index (χ2v) is 4.89. The van der Waals surface area contributed by atoms with E-state index in [1.165, 1.54) is 24.3 Å². The van der Waals surface area contributed by atoms with Crippen LogP contribution in [0.1, 0.15) is 6.92 Å². The summed E-state index contributed by atoms with van der Waals surface area (Å²) in [4.78, 5) is 34.9. The Labute approximate surface area is 142 Å². The average Bonchev–Trinajstić information content (AvgIpc) is 2.59. The van der Waals surface area contributed by atoms with E-state index in [2.05, 4.69) is 10.6 Å². The van der Waals surface area contributed by atoms with Gasteiger partial charge < -0.3 is 24.8 Å². The molecule has 2 N–H and O–H groups in total. The molecule has 8 nitrogen and oxygen atoms in total. The number of hydrogen-bond acceptors (Lipinski definition) is 6. The number of hydrogen-bond donors (Lipinski definition) is 2. The predicted molar refractivity (Wildman–Crippen MR) is 83.0 cm³/mol. The summed E-state index contributed by atoms with van der Waals surface area (Å²) >= 11 is 0. The number of benzene rings is 1. The lowest BCUT2D eigenvalue weighted by Gasteiger charge is -2.21. The number of carbonyl (C=O) groups excluding carboxylic acids is 3. The van der Waals surface area contributed by atoms with Crippen LogP contribution in [0.4, 0.5) is 9.18 Å². The number of carbonyl (C=O) groups is 3. The van der Waals surface area contributed by atoms with Gasteiger partial charge in [0.25, 0.3) is 0 Å². The van der Waals surface area contributed by atoms with Gasteiger partial charge in [0.1, 0.15) is 18.2 Å². The van der Waals surface area contributed by atoms with Crippen molar-refractivity contribution in [3.8, 4) is 5.75 Å². The Hall–Kier alpha value is -3.10. The molecule has 1 heterocycles. The highest BCUT2D eigenvalue weighted by Gasteiger charge is 2.24. The maximum atomic E-state index is 12.8. The fraction of sp³-hybridized carbons (Fsp3) is 0.312. The van der Waals surface area contributed by atoms with Gasteiger partial charge in [-0.05, 0) is 31.2 Å². The van der Waals surface area contributed by atoms with Gasteiger partial charge in [0.15, 0.2) is 6.61 Å². The molecule has 0 spiro atoms. The molecule has 134 valence electrons. The molecular weight excluding hydrogens is 335 g/mol. The van der Waals surface area contributed by atoms with Crippen LogP contribution in [0.3, 0.4) is 0 Å². The molecule has 1 aromatic carbocycles. The Kier molecular flexibility index (Phi) is 6.33. The first-order valence-electron chi connectivity index (χ1n) is 7.47. The van der Waals surface area contributed by atoms with Crippen LogP contribution in [0.25, 0.3) is 0 Å². The van der Waals surface area contributed by atoms with Crippen LogP contribution >= 0.6 is 0 Å². The van der Waals surface area contributed by atoms with Crippen LogP contribution < -0.4 is 15.4 Å². The third-order valence-corrected chi connectivity index (χ3v) is 3.12. The first-order valence-corrected chi connectivity index (χ1v) is 7.47. The van der Waals surface area contributed by atoms with Gasteiger partial charge in [-0.2, -0.15) is 0 Å². The zero-order valence-electron chi connectivity index (χ0n) is 13.5. The topological polar surface area (TPSA) is 103 Å². The average molecular weight is 352 g/mol. The van der Waals surface area contributed by atoms with Gasteiger partial charge in [-0.15, -0.1) is 0 Å². The molecule has 25 heavy (non-hydrogen) atoms. The number of amides is 2. The summed E-state index contributed by atoms with van der Waals surface area (Å²) in [5.74, 6) is -1.44. The molecule has 2 rings (SSSR count). The molecule has 1 aliphatic heterocycles. The molecule has 1 aliphatic rings. The van der Waals surface area contributed by atoms with Crippen molar-refractivity contribution in [3.63, 3.8) is 0 Å². The van der Waals surface area contributed by atoms with Crippen molar-refractivity contribution in [1.29, 1.82) is 0 Å². The zero-order chi connectivity index (χ0) is 18.2. The highest BCUT2D eigenvalue weighted by atomic mass is 19.1. The van der Waals surface area contributed by atoms with Crippen LogP contribution in [-0.4, -0.2) is 44.3 Å². The summed E-state index contributed by atoms with van der Waals surface area (Å²) < 4.78 is 27.8. The van der Waals surface area contributed by atoms with Crippen LogP contribution in [-0.2, 0) is 19.1 Å². The molecule has 0 fully saturated rings. The van der Waals surface area contributed by atoms with Gasteiger partial charge in [-0.1, -0.05) is 0 Å².